The van der Waals surface area contributed by atoms with Gasteiger partial charge in [0.05, 0.1) is 0 Å². The highest BCUT2D eigenvalue weighted by molar-refractivity contribution is 6.44. The zero-order chi connectivity index (χ0) is 28.9. The highest BCUT2D eigenvalue weighted by atomic mass is 14.3. The summed E-state index contributed by atoms with van der Waals surface area (Å²) in [6, 6.07) is 52.3. The van der Waals surface area contributed by atoms with Crippen molar-refractivity contribution in [1.29, 1.82) is 0 Å². The summed E-state index contributed by atoms with van der Waals surface area (Å²) in [6.07, 6.45) is 1.02. The molecule has 0 aliphatic heterocycles. The molecule has 0 amide bonds. The lowest BCUT2D eigenvalue weighted by Gasteiger charge is -2.19. The smallest absolute Gasteiger partial charge is 0.000719 e. The van der Waals surface area contributed by atoms with Crippen LogP contribution in [0.15, 0.2) is 140 Å². The van der Waals surface area contributed by atoms with Gasteiger partial charge in [0.1, 0.15) is 0 Å². The van der Waals surface area contributed by atoms with Gasteiger partial charge in [-0.25, -0.2) is 0 Å². The largest absolute Gasteiger partial charge is 0.0622 e. The molecule has 0 bridgehead atoms. The van der Waals surface area contributed by atoms with E-state index in [4.69, 9.17) is 0 Å². The zero-order valence-corrected chi connectivity index (χ0v) is 24.5. The quantitative estimate of drug-likeness (QED) is 0.190. The van der Waals surface area contributed by atoms with Crippen molar-refractivity contribution in [3.63, 3.8) is 0 Å². The van der Waals surface area contributed by atoms with Gasteiger partial charge in [0, 0.05) is 0 Å². The first-order chi connectivity index (χ1) is 21.8. The lowest BCUT2D eigenvalue weighted by Crippen LogP contribution is -1.91. The van der Waals surface area contributed by atoms with Crippen LogP contribution in [-0.4, -0.2) is 0 Å². The van der Waals surface area contributed by atoms with Gasteiger partial charge in [0.15, 0.2) is 0 Å². The normalized spacial score (nSPS) is 12.3. The predicted octanol–water partition coefficient (Wildman–Crippen LogP) is 12.5. The number of benzene rings is 8. The molecule has 0 saturated carbocycles. The molecule has 0 aliphatic carbocycles. The first-order valence-electron chi connectivity index (χ1n) is 15.7. The molecule has 0 saturated heterocycles. The highest BCUT2D eigenvalue weighted by Crippen LogP contribution is 2.54. The summed E-state index contributed by atoms with van der Waals surface area (Å²) in [5.41, 5.74) is 6.63. The van der Waals surface area contributed by atoms with E-state index in [1.54, 1.807) is 0 Å². The van der Waals surface area contributed by atoms with Gasteiger partial charge in [-0.3, -0.25) is 0 Å². The second-order valence-corrected chi connectivity index (χ2v) is 12.2. The van der Waals surface area contributed by atoms with Gasteiger partial charge in [-0.2, -0.15) is 0 Å². The first kappa shape index (κ1) is 24.0. The monoisotopic (exact) mass is 556 g/mol. The summed E-state index contributed by atoms with van der Waals surface area (Å²) in [6.45, 7) is 2.27. The fraction of sp³-hybridized carbons (Fsp3) is 0.0455. The maximum Gasteiger partial charge on any atom is -0.000719 e. The Kier molecular flexibility index (Phi) is 4.80. The Bertz CT molecular complexity index is 2710. The predicted molar refractivity (Wildman–Crippen MR) is 192 cm³/mol. The number of rotatable bonds is 3. The van der Waals surface area contributed by atoms with E-state index in [0.29, 0.717) is 0 Å². The lowest BCUT2D eigenvalue weighted by atomic mass is 9.84. The third-order valence-electron chi connectivity index (χ3n) is 10.1. The molecule has 204 valence electrons. The van der Waals surface area contributed by atoms with Crippen LogP contribution in [0.2, 0.25) is 0 Å². The Labute approximate surface area is 255 Å². The van der Waals surface area contributed by atoms with E-state index in [1.165, 1.54) is 103 Å². The van der Waals surface area contributed by atoms with Crippen LogP contribution in [-0.2, 0) is 6.42 Å². The second kappa shape index (κ2) is 8.78. The summed E-state index contributed by atoms with van der Waals surface area (Å²) in [7, 11) is 0. The number of fused-ring (bicyclic) bond motifs is 8. The molecule has 10 aromatic rings. The average molecular weight is 557 g/mol. The Morgan fingerprint density at radius 3 is 1.52 bits per heavy atom. The summed E-state index contributed by atoms with van der Waals surface area (Å²) in [5.74, 6) is 0. The maximum atomic E-state index is 2.52. The van der Waals surface area contributed by atoms with Crippen molar-refractivity contribution in [3.05, 3.63) is 145 Å². The molecule has 0 heterocycles. The molecular weight excluding hydrogens is 528 g/mol. The van der Waals surface area contributed by atoms with E-state index < -0.39 is 0 Å². The fourth-order valence-corrected chi connectivity index (χ4v) is 8.38. The summed E-state index contributed by atoms with van der Waals surface area (Å²) >= 11 is 0. The summed E-state index contributed by atoms with van der Waals surface area (Å²) in [4.78, 5) is 0. The van der Waals surface area contributed by atoms with E-state index in [0.717, 1.165) is 6.42 Å². The van der Waals surface area contributed by atoms with E-state index >= 15 is 0 Å². The van der Waals surface area contributed by atoms with Gasteiger partial charge in [0.2, 0.25) is 0 Å². The number of hydrogen-bond acceptors (Lipinski definition) is 0. The van der Waals surface area contributed by atoms with E-state index in [-0.39, 0.29) is 0 Å². The lowest BCUT2D eigenvalue weighted by molar-refractivity contribution is 1.16. The molecule has 0 spiro atoms. The van der Waals surface area contributed by atoms with Crippen LogP contribution in [0.3, 0.4) is 0 Å². The molecular formula is C44H28. The number of hydrogen-bond donors (Lipinski definition) is 0. The van der Waals surface area contributed by atoms with Gasteiger partial charge >= 0.3 is 0 Å². The van der Waals surface area contributed by atoms with Crippen molar-refractivity contribution in [2.45, 2.75) is 13.3 Å². The van der Waals surface area contributed by atoms with Crippen LogP contribution in [0, 0.1) is 0 Å². The van der Waals surface area contributed by atoms with E-state index in [1.807, 2.05) is 0 Å². The second-order valence-electron chi connectivity index (χ2n) is 12.2. The number of aryl methyl sites for hydroxylation is 1. The fourth-order valence-electron chi connectivity index (χ4n) is 8.38. The molecule has 0 aromatic heterocycles. The molecule has 0 aliphatic rings. The van der Waals surface area contributed by atoms with Crippen LogP contribution < -0.4 is 0 Å². The topological polar surface area (TPSA) is 0 Å². The summed E-state index contributed by atoms with van der Waals surface area (Å²) < 4.78 is 0. The Morgan fingerprint density at radius 2 is 0.818 bits per heavy atom. The molecule has 10 rings (SSSR count). The van der Waals surface area contributed by atoms with Crippen molar-refractivity contribution in [2.75, 3.05) is 0 Å². The Morgan fingerprint density at radius 1 is 0.318 bits per heavy atom. The average Bonchev–Trinajstić information content (AvgIpc) is 3.59. The van der Waals surface area contributed by atoms with E-state index in [9.17, 15) is 0 Å². The van der Waals surface area contributed by atoms with Crippen molar-refractivity contribution in [3.8, 4) is 22.3 Å². The van der Waals surface area contributed by atoms with Crippen LogP contribution in [0.25, 0.3) is 97.7 Å². The van der Waals surface area contributed by atoms with Gasteiger partial charge in [-0.1, -0.05) is 140 Å². The SMILES string of the molecule is CCc1ccc2c3c(-c4ccccc4)c4cc5c6ccccc6c6cccc(c4c(-c4ccccc4)c3c3cccc1c23)c65. The molecule has 0 unspecified atom stereocenters. The van der Waals surface area contributed by atoms with Crippen molar-refractivity contribution >= 4 is 75.4 Å². The first-order valence-corrected chi connectivity index (χ1v) is 15.7. The van der Waals surface area contributed by atoms with Gasteiger partial charge in [0.25, 0.3) is 0 Å². The van der Waals surface area contributed by atoms with Gasteiger partial charge in [-0.05, 0) is 116 Å². The van der Waals surface area contributed by atoms with Crippen LogP contribution >= 0.6 is 0 Å². The van der Waals surface area contributed by atoms with Gasteiger partial charge in [-0.15, -0.1) is 0 Å². The van der Waals surface area contributed by atoms with E-state index in [2.05, 4.69) is 146 Å². The Hall–Kier alpha value is -5.46. The standard InChI is InChI=1S/C44H28/c1-2-26-23-24-35-40-29(26)19-11-22-34(40)44-39(28-15-7-4-8-16-28)42-33-21-12-20-32-30-17-9-10-18-31(30)36(41(32)33)25-37(42)38(43(35)44)27-13-5-3-6-14-27/h3-25H,2H2,1H3. The third kappa shape index (κ3) is 2.98. The zero-order valence-electron chi connectivity index (χ0n) is 24.5. The molecule has 0 radical (unpaired) electrons. The molecule has 0 fully saturated rings. The molecule has 10 aromatic carbocycles. The molecule has 0 nitrogen and oxygen atoms in total. The van der Waals surface area contributed by atoms with Gasteiger partial charge < -0.3 is 0 Å². The minimum Gasteiger partial charge on any atom is -0.0622 e. The third-order valence-corrected chi connectivity index (χ3v) is 10.1. The van der Waals surface area contributed by atoms with Crippen LogP contribution in [0.1, 0.15) is 12.5 Å². The van der Waals surface area contributed by atoms with Crippen molar-refractivity contribution < 1.29 is 0 Å². The summed E-state index contributed by atoms with van der Waals surface area (Å²) in [5, 5.41) is 19.0. The minimum absolute atomic E-state index is 1.02. The van der Waals surface area contributed by atoms with Crippen LogP contribution in [0.5, 0.6) is 0 Å². The molecule has 0 atom stereocenters. The molecule has 44 heavy (non-hydrogen) atoms. The Balaban J connectivity index is 1.60. The van der Waals surface area contributed by atoms with Crippen LogP contribution in [0.4, 0.5) is 0 Å². The minimum atomic E-state index is 1.02. The molecule has 0 N–H and O–H groups in total. The molecule has 0 heteroatoms. The van der Waals surface area contributed by atoms with Crippen molar-refractivity contribution in [2.24, 2.45) is 0 Å². The van der Waals surface area contributed by atoms with Crippen molar-refractivity contribution in [1.82, 2.24) is 0 Å². The highest BCUT2D eigenvalue weighted by Gasteiger charge is 2.26. The maximum absolute atomic E-state index is 2.52.